The number of nitrogen functional groups attached to an aromatic ring is 1. The summed E-state index contributed by atoms with van der Waals surface area (Å²) in [6.45, 7) is 7.82. The van der Waals surface area contributed by atoms with E-state index in [4.69, 9.17) is 15.2 Å². The summed E-state index contributed by atoms with van der Waals surface area (Å²) in [5, 5.41) is 1.19. The first kappa shape index (κ1) is 22.6. The smallest absolute Gasteiger partial charge is 0.186 e. The Morgan fingerprint density at radius 1 is 0.879 bits per heavy atom. The molecule has 1 aliphatic rings. The van der Waals surface area contributed by atoms with Crippen LogP contribution >= 0.6 is 0 Å². The van der Waals surface area contributed by atoms with E-state index < -0.39 is 5.41 Å². The van der Waals surface area contributed by atoms with Crippen LogP contribution in [0.1, 0.15) is 55.9 Å². The largest absolute Gasteiger partial charge is 0.493 e. The molecule has 0 heterocycles. The van der Waals surface area contributed by atoms with Gasteiger partial charge in [0.2, 0.25) is 0 Å². The zero-order valence-electron chi connectivity index (χ0n) is 19.9. The van der Waals surface area contributed by atoms with Crippen molar-refractivity contribution >= 4 is 33.9 Å². The van der Waals surface area contributed by atoms with E-state index in [1.54, 1.807) is 32.4 Å². The summed E-state index contributed by atoms with van der Waals surface area (Å²) in [4.78, 5) is 27.0. The quantitative estimate of drug-likeness (QED) is 0.552. The van der Waals surface area contributed by atoms with Crippen molar-refractivity contribution in [3.05, 3.63) is 74.9 Å². The maximum absolute atomic E-state index is 13.5. The van der Waals surface area contributed by atoms with Crippen LogP contribution in [0.5, 0.6) is 11.5 Å². The second-order valence-electron chi connectivity index (χ2n) is 9.30. The summed E-state index contributed by atoms with van der Waals surface area (Å²) in [5.74, 6) is 1.23. The average molecular weight is 444 g/mol. The molecule has 0 saturated carbocycles. The van der Waals surface area contributed by atoms with Crippen LogP contribution in [0.3, 0.4) is 0 Å². The van der Waals surface area contributed by atoms with Crippen LogP contribution in [0.15, 0.2) is 47.3 Å². The first-order valence-electron chi connectivity index (χ1n) is 11.0. The van der Waals surface area contributed by atoms with Crippen molar-refractivity contribution in [1.29, 1.82) is 0 Å². The summed E-state index contributed by atoms with van der Waals surface area (Å²) in [6.07, 6.45) is 1.86. The number of allylic oxidation sites excluding steroid dienone is 1. The Kier molecular flexibility index (Phi) is 5.52. The molecule has 0 radical (unpaired) electrons. The zero-order valence-corrected chi connectivity index (χ0v) is 19.9. The molecular formula is C28H29NO4. The van der Waals surface area contributed by atoms with E-state index in [1.807, 2.05) is 58.0 Å². The van der Waals surface area contributed by atoms with E-state index in [0.717, 1.165) is 16.7 Å². The number of hydrogen-bond acceptors (Lipinski definition) is 5. The lowest BCUT2D eigenvalue weighted by molar-refractivity contribution is -0.117. The second kappa shape index (κ2) is 8.07. The van der Waals surface area contributed by atoms with Gasteiger partial charge in [-0.25, -0.2) is 0 Å². The number of fused-ring (bicyclic) bond motifs is 2. The molecular weight excluding hydrogens is 414 g/mol. The van der Waals surface area contributed by atoms with Gasteiger partial charge in [-0.2, -0.15) is 0 Å². The minimum atomic E-state index is -0.882. The van der Waals surface area contributed by atoms with Crippen LogP contribution in [-0.2, 0) is 10.2 Å². The van der Waals surface area contributed by atoms with Gasteiger partial charge in [0, 0.05) is 27.6 Å². The second-order valence-corrected chi connectivity index (χ2v) is 9.30. The zero-order chi connectivity index (χ0) is 24.1. The molecule has 3 aromatic rings. The molecule has 4 rings (SSSR count). The molecule has 33 heavy (non-hydrogen) atoms. The third-order valence-corrected chi connectivity index (χ3v) is 6.49. The van der Waals surface area contributed by atoms with E-state index in [1.165, 1.54) is 0 Å². The highest BCUT2D eigenvalue weighted by Crippen LogP contribution is 2.44. The molecule has 0 bridgehead atoms. The van der Waals surface area contributed by atoms with E-state index in [2.05, 4.69) is 0 Å². The molecule has 3 aromatic carbocycles. The number of ether oxygens (including phenoxy) is 2. The van der Waals surface area contributed by atoms with Crippen molar-refractivity contribution in [3.8, 4) is 11.5 Å². The van der Waals surface area contributed by atoms with Crippen LogP contribution in [0.2, 0.25) is 0 Å². The maximum Gasteiger partial charge on any atom is 0.186 e. The number of Topliss-reactive ketones (excluding diaryl/α,β-unsaturated/α-hetero) is 1. The first-order valence-corrected chi connectivity index (χ1v) is 11.0. The fraction of sp³-hybridized carbons (Fsp3) is 0.286. The van der Waals surface area contributed by atoms with Crippen molar-refractivity contribution < 1.29 is 14.3 Å². The standard InChI is InChI=1S/C28H29NO4/c1-15(2)19-13-21-22(26(33-6)25(19)32-5)12-17-11-20(16-7-9-18(29)10-8-16)27(31)28(3,4)23(17)14-24(21)30/h7-15H,29H2,1-6H3. The van der Waals surface area contributed by atoms with Crippen molar-refractivity contribution in [2.24, 2.45) is 0 Å². The van der Waals surface area contributed by atoms with Gasteiger partial charge in [-0.15, -0.1) is 0 Å². The third kappa shape index (κ3) is 3.58. The number of rotatable bonds is 4. The van der Waals surface area contributed by atoms with E-state index in [9.17, 15) is 9.59 Å². The molecule has 5 nitrogen and oxygen atoms in total. The normalized spacial score (nSPS) is 14.8. The van der Waals surface area contributed by atoms with Crippen LogP contribution in [0.25, 0.3) is 22.4 Å². The number of methoxy groups -OCH3 is 2. The number of hydrogen-bond donors (Lipinski definition) is 1. The third-order valence-electron chi connectivity index (χ3n) is 6.49. The van der Waals surface area contributed by atoms with Gasteiger partial charge in [-0.1, -0.05) is 26.0 Å². The van der Waals surface area contributed by atoms with Gasteiger partial charge in [0.15, 0.2) is 22.7 Å². The van der Waals surface area contributed by atoms with Crippen molar-refractivity contribution in [1.82, 2.24) is 0 Å². The van der Waals surface area contributed by atoms with Gasteiger partial charge in [0.1, 0.15) is 0 Å². The minimum Gasteiger partial charge on any atom is -0.493 e. The van der Waals surface area contributed by atoms with Crippen LogP contribution in [0, 0.1) is 0 Å². The monoisotopic (exact) mass is 443 g/mol. The Hall–Kier alpha value is -3.60. The Bertz CT molecular complexity index is 1370. The molecule has 0 unspecified atom stereocenters. The molecule has 0 amide bonds. The highest BCUT2D eigenvalue weighted by atomic mass is 16.5. The molecule has 0 spiro atoms. The molecule has 0 saturated heterocycles. The van der Waals surface area contributed by atoms with Gasteiger partial charge >= 0.3 is 0 Å². The van der Waals surface area contributed by atoms with Gasteiger partial charge in [0.05, 0.1) is 19.6 Å². The summed E-state index contributed by atoms with van der Waals surface area (Å²) < 4.78 is 11.5. The van der Waals surface area contributed by atoms with Gasteiger partial charge in [0.25, 0.3) is 0 Å². The number of carbonyl (C=O) groups is 1. The molecule has 0 fully saturated rings. The Labute approximate surface area is 193 Å². The van der Waals surface area contributed by atoms with Gasteiger partial charge in [-0.05, 0) is 72.9 Å². The molecule has 0 atom stereocenters. The molecule has 1 aliphatic carbocycles. The van der Waals surface area contributed by atoms with E-state index >= 15 is 0 Å². The molecule has 2 N–H and O–H groups in total. The molecule has 170 valence electrons. The summed E-state index contributed by atoms with van der Waals surface area (Å²) in [7, 11) is 3.18. The highest BCUT2D eigenvalue weighted by molar-refractivity contribution is 6.31. The minimum absolute atomic E-state index is 0.0400. The first-order chi connectivity index (χ1) is 15.6. The number of ketones is 1. The van der Waals surface area contributed by atoms with Crippen molar-refractivity contribution in [2.45, 2.75) is 39.0 Å². The number of benzene rings is 2. The number of anilines is 1. The molecule has 5 heteroatoms. The Morgan fingerprint density at radius 3 is 2.09 bits per heavy atom. The average Bonchev–Trinajstić information content (AvgIpc) is 2.92. The number of carbonyl (C=O) groups excluding carboxylic acids is 1. The number of nitrogens with two attached hydrogens (primary N) is 1. The summed E-state index contributed by atoms with van der Waals surface area (Å²) >= 11 is 0. The topological polar surface area (TPSA) is 78.6 Å². The lowest BCUT2D eigenvalue weighted by Gasteiger charge is -2.30. The predicted molar refractivity (Wildman–Crippen MR) is 134 cm³/mol. The van der Waals surface area contributed by atoms with Crippen LogP contribution in [-0.4, -0.2) is 20.0 Å². The van der Waals surface area contributed by atoms with Gasteiger partial charge in [-0.3, -0.25) is 9.59 Å². The van der Waals surface area contributed by atoms with E-state index in [-0.39, 0.29) is 17.1 Å². The van der Waals surface area contributed by atoms with Crippen molar-refractivity contribution in [3.63, 3.8) is 0 Å². The molecule has 0 aliphatic heterocycles. The van der Waals surface area contributed by atoms with Crippen LogP contribution in [0.4, 0.5) is 5.69 Å². The fourth-order valence-corrected chi connectivity index (χ4v) is 4.61. The predicted octanol–water partition coefficient (Wildman–Crippen LogP) is 5.32. The van der Waals surface area contributed by atoms with Crippen LogP contribution < -0.4 is 20.6 Å². The van der Waals surface area contributed by atoms with Gasteiger partial charge < -0.3 is 15.2 Å². The van der Waals surface area contributed by atoms with E-state index in [0.29, 0.717) is 39.1 Å². The lowest BCUT2D eigenvalue weighted by atomic mass is 9.71. The molecule has 0 aromatic heterocycles. The van der Waals surface area contributed by atoms with Crippen molar-refractivity contribution in [2.75, 3.05) is 20.0 Å². The Morgan fingerprint density at radius 2 is 1.52 bits per heavy atom. The Balaban J connectivity index is 2.14. The SMILES string of the molecule is COc1c(C(C)C)cc2c(=O)cc3c(cc2c1OC)C=C(c1ccc(N)cc1)C(=O)C3(C)C. The lowest BCUT2D eigenvalue weighted by Crippen LogP contribution is -2.33. The summed E-state index contributed by atoms with van der Waals surface area (Å²) in [5.41, 5.74) is 9.21. The highest BCUT2D eigenvalue weighted by Gasteiger charge is 2.38. The fourth-order valence-electron chi connectivity index (χ4n) is 4.61. The maximum atomic E-state index is 13.5. The summed E-state index contributed by atoms with van der Waals surface area (Å²) in [6, 6.07) is 12.7.